The van der Waals surface area contributed by atoms with Gasteiger partial charge in [-0.3, -0.25) is 14.4 Å². The molecule has 280 valence electrons. The van der Waals surface area contributed by atoms with Crippen LogP contribution >= 0.6 is 0 Å². The molecule has 1 saturated heterocycles. The molecule has 2 aromatic carbocycles. The molecule has 6 rings (SSSR count). The number of allylic oxidation sites excluding steroid dienone is 4. The molecule has 0 amide bonds. The van der Waals surface area contributed by atoms with Crippen molar-refractivity contribution in [3.8, 4) is 0 Å². The number of hydrogen-bond donors (Lipinski definition) is 0. The molecular weight excluding hydrogens is 665 g/mol. The molecule has 0 N–H and O–H groups in total. The third kappa shape index (κ3) is 7.55. The highest BCUT2D eigenvalue weighted by atomic mass is 28.4. The molecule has 52 heavy (non-hydrogen) atoms. The van der Waals surface area contributed by atoms with E-state index in [1.54, 1.807) is 0 Å². The van der Waals surface area contributed by atoms with Crippen LogP contribution in [0.5, 0.6) is 0 Å². The summed E-state index contributed by atoms with van der Waals surface area (Å²) in [6.07, 6.45) is 10.8. The Hall–Kier alpha value is -3.29. The lowest BCUT2D eigenvalue weighted by Gasteiger charge is -2.46. The molecule has 2 fully saturated rings. The summed E-state index contributed by atoms with van der Waals surface area (Å²) in [5.74, 6) is -0.336. The van der Waals surface area contributed by atoms with E-state index in [2.05, 4.69) is 114 Å². The number of benzene rings is 2. The maximum Gasteiger partial charge on any atom is 0.311 e. The molecule has 0 unspecified atom stereocenters. The number of rotatable bonds is 6. The van der Waals surface area contributed by atoms with Crippen LogP contribution in [0.4, 0.5) is 0 Å². The van der Waals surface area contributed by atoms with Crippen molar-refractivity contribution in [3.05, 3.63) is 84.5 Å². The lowest BCUT2D eigenvalue weighted by Crippen LogP contribution is -2.68. The molecule has 1 aliphatic heterocycles. The van der Waals surface area contributed by atoms with Gasteiger partial charge >= 0.3 is 11.9 Å². The van der Waals surface area contributed by atoms with Crippen LogP contribution in [0.1, 0.15) is 100 Å². The first-order valence-electron chi connectivity index (χ1n) is 19.8. The average Bonchev–Trinajstić information content (AvgIpc) is 3.69. The zero-order valence-corrected chi connectivity index (χ0v) is 33.6. The second-order valence-electron chi connectivity index (χ2n) is 18.0. The fourth-order valence-electron chi connectivity index (χ4n) is 9.58. The summed E-state index contributed by atoms with van der Waals surface area (Å²) in [6.45, 7) is 16.7. The fraction of sp³-hybridized carbons (Fsp3) is 0.578. The quantitative estimate of drug-likeness (QED) is 0.169. The Kier molecular flexibility index (Phi) is 11.2. The fourth-order valence-corrected chi connectivity index (χ4v) is 14.4. The van der Waals surface area contributed by atoms with E-state index in [0.29, 0.717) is 6.42 Å². The van der Waals surface area contributed by atoms with Crippen LogP contribution in [0.2, 0.25) is 5.04 Å². The van der Waals surface area contributed by atoms with E-state index in [4.69, 9.17) is 13.9 Å². The Morgan fingerprint density at radius 2 is 1.50 bits per heavy atom. The van der Waals surface area contributed by atoms with E-state index in [0.717, 1.165) is 37.7 Å². The van der Waals surface area contributed by atoms with Gasteiger partial charge in [-0.1, -0.05) is 114 Å². The summed E-state index contributed by atoms with van der Waals surface area (Å²) in [5.41, 5.74) is 0.192. The van der Waals surface area contributed by atoms with Crippen LogP contribution in [0, 0.1) is 40.9 Å². The molecule has 1 heterocycles. The van der Waals surface area contributed by atoms with Crippen molar-refractivity contribution in [1.29, 1.82) is 0 Å². The summed E-state index contributed by atoms with van der Waals surface area (Å²) in [6, 6.07) is 21.3. The Morgan fingerprint density at radius 3 is 2.08 bits per heavy atom. The van der Waals surface area contributed by atoms with Crippen molar-refractivity contribution in [2.45, 2.75) is 124 Å². The van der Waals surface area contributed by atoms with E-state index in [-0.39, 0.29) is 77.1 Å². The molecule has 7 heteroatoms. The van der Waals surface area contributed by atoms with Gasteiger partial charge in [0.1, 0.15) is 12.2 Å². The highest BCUT2D eigenvalue weighted by molar-refractivity contribution is 6.99. The Bertz CT molecular complexity index is 1610. The van der Waals surface area contributed by atoms with Gasteiger partial charge in [0.2, 0.25) is 0 Å². The molecule has 6 nitrogen and oxygen atoms in total. The van der Waals surface area contributed by atoms with Crippen molar-refractivity contribution >= 4 is 36.4 Å². The number of fused-ring (bicyclic) bond motifs is 5. The van der Waals surface area contributed by atoms with Crippen LogP contribution in [0.25, 0.3) is 0 Å². The van der Waals surface area contributed by atoms with E-state index < -0.39 is 19.7 Å². The van der Waals surface area contributed by atoms with E-state index >= 15 is 4.79 Å². The van der Waals surface area contributed by atoms with E-state index in [1.165, 1.54) is 10.4 Å². The lowest BCUT2D eigenvalue weighted by atomic mass is 9.70. The molecule has 0 bridgehead atoms. The van der Waals surface area contributed by atoms with Gasteiger partial charge in [-0.25, -0.2) is 0 Å². The Labute approximate surface area is 312 Å². The van der Waals surface area contributed by atoms with E-state index in [9.17, 15) is 9.59 Å². The molecule has 4 aliphatic rings. The first-order chi connectivity index (χ1) is 24.6. The summed E-state index contributed by atoms with van der Waals surface area (Å²) in [4.78, 5) is 41.5. The number of cyclic esters (lactones) is 1. The maximum absolute atomic E-state index is 15.1. The van der Waals surface area contributed by atoms with Crippen molar-refractivity contribution in [2.24, 2.45) is 40.9 Å². The van der Waals surface area contributed by atoms with Crippen LogP contribution in [-0.4, -0.2) is 44.4 Å². The van der Waals surface area contributed by atoms with E-state index in [1.807, 2.05) is 20.8 Å². The van der Waals surface area contributed by atoms with Crippen LogP contribution < -0.4 is 10.4 Å². The molecule has 1 saturated carbocycles. The molecule has 9 atom stereocenters. The largest absolute Gasteiger partial charge is 0.462 e. The first kappa shape index (κ1) is 38.4. The van der Waals surface area contributed by atoms with Gasteiger partial charge in [0.05, 0.1) is 17.9 Å². The number of carbonyl (C=O) groups excluding carboxylic acids is 3. The number of ether oxygens (including phenoxy) is 2. The second-order valence-corrected chi connectivity index (χ2v) is 22.2. The number of esters is 2. The Morgan fingerprint density at radius 1 is 0.865 bits per heavy atom. The number of hydrogen-bond acceptors (Lipinski definition) is 6. The van der Waals surface area contributed by atoms with Gasteiger partial charge in [-0.05, 0) is 104 Å². The molecule has 0 spiro atoms. The zero-order valence-electron chi connectivity index (χ0n) is 32.6. The zero-order chi connectivity index (χ0) is 37.4. The minimum atomic E-state index is -2.96. The van der Waals surface area contributed by atoms with Gasteiger partial charge in [-0.15, -0.1) is 0 Å². The maximum atomic E-state index is 15.1. The van der Waals surface area contributed by atoms with Crippen molar-refractivity contribution in [1.82, 2.24) is 0 Å². The van der Waals surface area contributed by atoms with Gasteiger partial charge in [0.25, 0.3) is 8.32 Å². The van der Waals surface area contributed by atoms with Crippen molar-refractivity contribution in [3.63, 3.8) is 0 Å². The molecule has 2 aromatic rings. The third-order valence-corrected chi connectivity index (χ3v) is 17.5. The van der Waals surface area contributed by atoms with Gasteiger partial charge in [-0.2, -0.15) is 0 Å². The van der Waals surface area contributed by atoms with Crippen molar-refractivity contribution < 1.29 is 28.3 Å². The summed E-state index contributed by atoms with van der Waals surface area (Å²) in [5, 5.41) is 2.16. The normalized spacial score (nSPS) is 31.3. The lowest BCUT2D eigenvalue weighted by molar-refractivity contribution is -0.158. The minimum Gasteiger partial charge on any atom is -0.462 e. The van der Waals surface area contributed by atoms with Gasteiger partial charge < -0.3 is 13.9 Å². The monoisotopic (exact) mass is 724 g/mol. The average molecular weight is 725 g/mol. The predicted octanol–water partition coefficient (Wildman–Crippen LogP) is 8.38. The molecule has 3 aliphatic carbocycles. The topological polar surface area (TPSA) is 78.9 Å². The van der Waals surface area contributed by atoms with Crippen LogP contribution in [0.15, 0.2) is 84.5 Å². The van der Waals surface area contributed by atoms with Gasteiger partial charge in [0, 0.05) is 11.8 Å². The predicted molar refractivity (Wildman–Crippen MR) is 209 cm³/mol. The standard InChI is InChI=1S/C45H60O6Si/c1-9-31-17-16-22-40(51-52(45(6,7)8,33-18-12-10-13-19-33)34-20-14-11-15-21-34)29(2)42(47)39-27-37-35(38(39)28-41(46)49-31)24-23-30-25-32(26-36(30)37)50-43(48)44(3,4)5/h10-15,18-21,23-24,27,29-32,35-38,40H,9,16-17,22,25-26,28H2,1-8H3/t29-,30-,31+,32-,35-,36-,37-,38+,40+/m1/s1. The van der Waals surface area contributed by atoms with Crippen LogP contribution in [0.3, 0.4) is 0 Å². The third-order valence-electron chi connectivity index (χ3n) is 12.4. The smallest absolute Gasteiger partial charge is 0.311 e. The highest BCUT2D eigenvalue weighted by Crippen LogP contribution is 2.54. The highest BCUT2D eigenvalue weighted by Gasteiger charge is 2.54. The summed E-state index contributed by atoms with van der Waals surface area (Å²) >= 11 is 0. The summed E-state index contributed by atoms with van der Waals surface area (Å²) in [7, 11) is -2.96. The summed E-state index contributed by atoms with van der Waals surface area (Å²) < 4.78 is 19.9. The molecule has 0 aromatic heterocycles. The number of ketones is 1. The molecular formula is C45H60O6Si. The van der Waals surface area contributed by atoms with Crippen LogP contribution in [-0.2, 0) is 28.3 Å². The van der Waals surface area contributed by atoms with Gasteiger partial charge in [0.15, 0.2) is 5.78 Å². The first-order valence-corrected chi connectivity index (χ1v) is 21.7. The van der Waals surface area contributed by atoms with Crippen molar-refractivity contribution in [2.75, 3.05) is 0 Å². The SMILES string of the molecule is CC[C@H]1CCC[C@H](O[Si](c2ccccc2)(c2ccccc2)C(C)(C)C)[C@@H](C)C(=O)C2=C[C@@H]3[C@@H](C=C[C@@H]4C[C@@H](OC(=O)C(C)(C)C)C[C@@H]34)[C@@H]2CC(=O)O1. The molecule has 0 radical (unpaired) electrons. The minimum absolute atomic E-state index is 0.0241. The number of Topliss-reactive ketones (excluding diaryl/α,β-unsaturated/α-hetero) is 1. The number of carbonyl (C=O) groups is 3. The Balaban J connectivity index is 1.38. The second kappa shape index (κ2) is 15.2.